The summed E-state index contributed by atoms with van der Waals surface area (Å²) in [4.78, 5) is 18.6. The molecule has 6 nitrogen and oxygen atoms in total. The number of hydrogen-bond donors (Lipinski definition) is 0. The van der Waals surface area contributed by atoms with Crippen molar-refractivity contribution in [2.45, 2.75) is 25.4 Å². The predicted molar refractivity (Wildman–Crippen MR) is 96.6 cm³/mol. The summed E-state index contributed by atoms with van der Waals surface area (Å²) in [5.74, 6) is 1.81. The van der Waals surface area contributed by atoms with E-state index in [1.54, 1.807) is 18.5 Å². The minimum Gasteiger partial charge on any atom is -0.359 e. The van der Waals surface area contributed by atoms with E-state index in [4.69, 9.17) is 4.52 Å². The maximum absolute atomic E-state index is 12.1. The van der Waals surface area contributed by atoms with Gasteiger partial charge in [0.15, 0.2) is 5.76 Å². The van der Waals surface area contributed by atoms with E-state index in [9.17, 15) is 4.79 Å². The van der Waals surface area contributed by atoms with Gasteiger partial charge in [0.2, 0.25) is 0 Å². The predicted octanol–water partition coefficient (Wildman–Crippen LogP) is 2.52. The summed E-state index contributed by atoms with van der Waals surface area (Å²) in [5.41, 5.74) is 3.16. The summed E-state index contributed by atoms with van der Waals surface area (Å²) in [6.07, 6.45) is 4.68. The van der Waals surface area contributed by atoms with Gasteiger partial charge in [0, 0.05) is 61.3 Å². The Labute approximate surface area is 151 Å². The number of nitrogens with zero attached hydrogens (tertiary/aromatic N) is 4. The lowest BCUT2D eigenvalue weighted by atomic mass is 9.83. The monoisotopic (exact) mass is 348 g/mol. The number of hydrogen-bond acceptors (Lipinski definition) is 5. The summed E-state index contributed by atoms with van der Waals surface area (Å²) < 4.78 is 7.53. The fourth-order valence-electron chi connectivity index (χ4n) is 4.39. The van der Waals surface area contributed by atoms with Gasteiger partial charge in [-0.05, 0) is 30.5 Å². The van der Waals surface area contributed by atoms with Crippen molar-refractivity contribution in [3.63, 3.8) is 0 Å². The average Bonchev–Trinajstić information content (AvgIpc) is 3.12. The molecule has 5 rings (SSSR count). The minimum absolute atomic E-state index is 0.128. The first-order valence-electron chi connectivity index (χ1n) is 9.04. The molecule has 0 saturated carbocycles. The van der Waals surface area contributed by atoms with Crippen LogP contribution in [0.4, 0.5) is 0 Å². The van der Waals surface area contributed by atoms with Crippen LogP contribution in [-0.4, -0.2) is 32.7 Å². The second kappa shape index (κ2) is 6.21. The lowest BCUT2D eigenvalue weighted by molar-refractivity contribution is 0.105. The van der Waals surface area contributed by atoms with Gasteiger partial charge in [-0.1, -0.05) is 11.2 Å². The second-order valence-corrected chi connectivity index (χ2v) is 7.31. The summed E-state index contributed by atoms with van der Waals surface area (Å²) in [7, 11) is 0. The SMILES string of the molecule is O=c1cccc2n1CC1CC2CN(Cc2cc(-c3ccncc3)no2)C1. The maximum Gasteiger partial charge on any atom is 0.250 e. The molecular weight excluding hydrogens is 328 g/mol. The summed E-state index contributed by atoms with van der Waals surface area (Å²) >= 11 is 0. The van der Waals surface area contributed by atoms with Crippen LogP contribution in [-0.2, 0) is 13.1 Å². The Hall–Kier alpha value is -2.73. The molecule has 2 aliphatic rings. The first-order chi connectivity index (χ1) is 12.8. The van der Waals surface area contributed by atoms with Gasteiger partial charge in [0.25, 0.3) is 5.56 Å². The zero-order chi connectivity index (χ0) is 17.5. The topological polar surface area (TPSA) is 64.2 Å². The van der Waals surface area contributed by atoms with E-state index in [1.165, 1.54) is 12.1 Å². The van der Waals surface area contributed by atoms with E-state index in [2.05, 4.69) is 21.1 Å². The number of pyridine rings is 2. The maximum atomic E-state index is 12.1. The van der Waals surface area contributed by atoms with Crippen LogP contribution in [0.1, 0.15) is 23.8 Å². The molecule has 1 saturated heterocycles. The summed E-state index contributed by atoms with van der Waals surface area (Å²) in [6, 6.07) is 11.5. The van der Waals surface area contributed by atoms with Gasteiger partial charge >= 0.3 is 0 Å². The third-order valence-electron chi connectivity index (χ3n) is 5.47. The Morgan fingerprint density at radius 1 is 1.12 bits per heavy atom. The van der Waals surface area contributed by atoms with Crippen LogP contribution in [0.15, 0.2) is 58.1 Å². The molecule has 26 heavy (non-hydrogen) atoms. The molecule has 0 N–H and O–H groups in total. The van der Waals surface area contributed by atoms with Gasteiger partial charge in [-0.25, -0.2) is 0 Å². The fraction of sp³-hybridized carbons (Fsp3) is 0.350. The third kappa shape index (κ3) is 2.76. The van der Waals surface area contributed by atoms with E-state index < -0.39 is 0 Å². The van der Waals surface area contributed by atoms with Crippen molar-refractivity contribution in [1.82, 2.24) is 19.6 Å². The van der Waals surface area contributed by atoms with Crippen LogP contribution in [0.3, 0.4) is 0 Å². The average molecular weight is 348 g/mol. The normalized spacial score (nSPS) is 22.2. The van der Waals surface area contributed by atoms with Crippen LogP contribution in [0, 0.1) is 5.92 Å². The Bertz CT molecular complexity index is 979. The highest BCUT2D eigenvalue weighted by Gasteiger charge is 2.34. The van der Waals surface area contributed by atoms with Crippen molar-refractivity contribution in [3.8, 4) is 11.3 Å². The van der Waals surface area contributed by atoms with Gasteiger partial charge in [0.05, 0.1) is 6.54 Å². The molecule has 132 valence electrons. The largest absolute Gasteiger partial charge is 0.359 e. The number of rotatable bonds is 3. The van der Waals surface area contributed by atoms with Crippen LogP contribution >= 0.6 is 0 Å². The Morgan fingerprint density at radius 2 is 2.00 bits per heavy atom. The molecule has 2 bridgehead atoms. The molecular formula is C20H20N4O2. The molecule has 2 unspecified atom stereocenters. The van der Waals surface area contributed by atoms with Crippen molar-refractivity contribution >= 4 is 0 Å². The quantitative estimate of drug-likeness (QED) is 0.728. The molecule has 0 aromatic carbocycles. The molecule has 0 amide bonds. The Balaban J connectivity index is 1.34. The van der Waals surface area contributed by atoms with E-state index in [-0.39, 0.29) is 5.56 Å². The molecule has 5 heterocycles. The van der Waals surface area contributed by atoms with Gasteiger partial charge in [-0.15, -0.1) is 0 Å². The number of likely N-dealkylation sites (tertiary alicyclic amines) is 1. The van der Waals surface area contributed by atoms with Crippen molar-refractivity contribution in [3.05, 3.63) is 70.6 Å². The van der Waals surface area contributed by atoms with E-state index >= 15 is 0 Å². The van der Waals surface area contributed by atoms with Crippen molar-refractivity contribution in [2.75, 3.05) is 13.1 Å². The standard InChI is InChI=1S/C20H20N4O2/c25-20-3-1-2-19-16-8-14(11-24(19)20)10-23(12-16)13-17-9-18(22-26-17)15-4-6-21-7-5-15/h1-7,9,14,16H,8,10-13H2. The molecule has 6 heteroatoms. The summed E-state index contributed by atoms with van der Waals surface area (Å²) in [5, 5.41) is 4.20. The molecule has 1 fully saturated rings. The van der Waals surface area contributed by atoms with Gasteiger partial charge in [0.1, 0.15) is 5.69 Å². The zero-order valence-electron chi connectivity index (χ0n) is 14.4. The summed E-state index contributed by atoms with van der Waals surface area (Å²) in [6.45, 7) is 3.51. The van der Waals surface area contributed by atoms with E-state index in [0.29, 0.717) is 11.8 Å². The lowest BCUT2D eigenvalue weighted by Gasteiger charge is -2.42. The van der Waals surface area contributed by atoms with Crippen LogP contribution in [0.25, 0.3) is 11.3 Å². The molecule has 0 spiro atoms. The smallest absolute Gasteiger partial charge is 0.250 e. The highest BCUT2D eigenvalue weighted by Crippen LogP contribution is 2.35. The van der Waals surface area contributed by atoms with Crippen molar-refractivity contribution in [2.24, 2.45) is 5.92 Å². The van der Waals surface area contributed by atoms with Gasteiger partial charge < -0.3 is 9.09 Å². The zero-order valence-corrected chi connectivity index (χ0v) is 14.4. The van der Waals surface area contributed by atoms with E-state index in [0.717, 1.165) is 43.2 Å². The van der Waals surface area contributed by atoms with Gasteiger partial charge in [-0.2, -0.15) is 0 Å². The molecule has 0 radical (unpaired) electrons. The van der Waals surface area contributed by atoms with Crippen LogP contribution in [0.2, 0.25) is 0 Å². The lowest BCUT2D eigenvalue weighted by Crippen LogP contribution is -2.46. The second-order valence-electron chi connectivity index (χ2n) is 7.31. The highest BCUT2D eigenvalue weighted by atomic mass is 16.5. The van der Waals surface area contributed by atoms with E-state index in [1.807, 2.05) is 28.8 Å². The molecule has 0 aliphatic carbocycles. The number of piperidine rings is 1. The molecule has 2 aliphatic heterocycles. The van der Waals surface area contributed by atoms with Crippen LogP contribution < -0.4 is 5.56 Å². The Morgan fingerprint density at radius 3 is 2.88 bits per heavy atom. The van der Waals surface area contributed by atoms with Crippen molar-refractivity contribution in [1.29, 1.82) is 0 Å². The van der Waals surface area contributed by atoms with Crippen LogP contribution in [0.5, 0.6) is 0 Å². The number of aromatic nitrogens is 3. The third-order valence-corrected chi connectivity index (χ3v) is 5.47. The minimum atomic E-state index is 0.128. The van der Waals surface area contributed by atoms with Gasteiger partial charge in [-0.3, -0.25) is 14.7 Å². The highest BCUT2D eigenvalue weighted by molar-refractivity contribution is 5.57. The van der Waals surface area contributed by atoms with Crippen molar-refractivity contribution < 1.29 is 4.52 Å². The molecule has 2 atom stereocenters. The molecule has 3 aromatic heterocycles. The Kier molecular flexibility index (Phi) is 3.71. The molecule has 3 aromatic rings. The number of fused-ring (bicyclic) bond motifs is 4. The fourth-order valence-corrected chi connectivity index (χ4v) is 4.39. The first kappa shape index (κ1) is 15.5. The first-order valence-corrected chi connectivity index (χ1v) is 9.04.